The average molecular weight is 580 g/mol. The quantitative estimate of drug-likeness (QED) is 0.258. The molecule has 3 aliphatic rings. The van der Waals surface area contributed by atoms with E-state index in [0.717, 1.165) is 43.3 Å². The highest BCUT2D eigenvalue weighted by Crippen LogP contribution is 2.62. The van der Waals surface area contributed by atoms with Gasteiger partial charge in [-0.2, -0.15) is 5.10 Å². The molecule has 3 N–H and O–H groups in total. The summed E-state index contributed by atoms with van der Waals surface area (Å²) in [5.74, 6) is -0.904. The highest BCUT2D eigenvalue weighted by molar-refractivity contribution is 7.49. The monoisotopic (exact) mass is 580 g/mol. The Balaban J connectivity index is 1.28. The third-order valence-corrected chi connectivity index (χ3v) is 8.54. The largest absolute Gasteiger partial charge is 0.578 e. The van der Waals surface area contributed by atoms with E-state index in [4.69, 9.17) is 19.5 Å². The van der Waals surface area contributed by atoms with Crippen molar-refractivity contribution < 1.29 is 32.6 Å². The number of benzene rings is 2. The molecule has 2 aromatic carbocycles. The molecule has 8 rings (SSSR count). The van der Waals surface area contributed by atoms with Gasteiger partial charge in [0.25, 0.3) is 0 Å². The fraction of sp³-hybridized carbons (Fsp3) is 0.0800. The number of aromatic nitrogens is 3. The number of thiophene rings is 1. The third kappa shape index (κ3) is 3.85. The number of hydrogen-bond donors (Lipinski definition) is 2. The first kappa shape index (κ1) is 24.7. The van der Waals surface area contributed by atoms with Crippen LogP contribution in [0.1, 0.15) is 0 Å². The summed E-state index contributed by atoms with van der Waals surface area (Å²) in [4.78, 5) is 18.7. The van der Waals surface area contributed by atoms with Crippen LogP contribution in [0, 0.1) is 5.82 Å². The maximum absolute atomic E-state index is 14.7. The van der Waals surface area contributed by atoms with Crippen molar-refractivity contribution in [2.45, 2.75) is 6.54 Å². The van der Waals surface area contributed by atoms with Crippen molar-refractivity contribution >= 4 is 52.5 Å². The SMILES string of the molecule is Nc1ncc(-c2cnn(CCO)c2)c2scc(-c3ccc(N4C(=O)N5OP(=O)(Oc6c(F)cccc64)O5)cc3)c12. The Morgan fingerprint density at radius 2 is 1.88 bits per heavy atom. The van der Waals surface area contributed by atoms with Gasteiger partial charge in [-0.25, -0.2) is 18.7 Å². The zero-order valence-electron chi connectivity index (χ0n) is 20.3. The average Bonchev–Trinajstić information content (AvgIpc) is 3.58. The lowest BCUT2D eigenvalue weighted by Crippen LogP contribution is -2.47. The zero-order valence-corrected chi connectivity index (χ0v) is 22.0. The number of para-hydroxylation sites is 1. The molecule has 0 saturated carbocycles. The van der Waals surface area contributed by atoms with Crippen molar-refractivity contribution in [1.29, 1.82) is 0 Å². The van der Waals surface area contributed by atoms with Gasteiger partial charge in [0, 0.05) is 39.2 Å². The molecular weight excluding hydrogens is 562 g/mol. The number of halogens is 1. The van der Waals surface area contributed by atoms with Gasteiger partial charge < -0.3 is 15.4 Å². The summed E-state index contributed by atoms with van der Waals surface area (Å²) in [5.41, 5.74) is 10.0. The number of pyridine rings is 1. The number of rotatable bonds is 5. The van der Waals surface area contributed by atoms with Gasteiger partial charge in [0.1, 0.15) is 5.82 Å². The van der Waals surface area contributed by atoms with E-state index in [9.17, 15) is 18.9 Å². The molecule has 0 spiro atoms. The van der Waals surface area contributed by atoms with Gasteiger partial charge in [-0.15, -0.1) is 20.6 Å². The molecule has 2 bridgehead atoms. The van der Waals surface area contributed by atoms with Crippen molar-refractivity contribution in [2.24, 2.45) is 0 Å². The molecule has 1 fully saturated rings. The van der Waals surface area contributed by atoms with Crippen LogP contribution >= 0.6 is 19.2 Å². The summed E-state index contributed by atoms with van der Waals surface area (Å²) >= 11 is 1.51. The standard InChI is InChI=1S/C25H18FN6O6PS/c26-19-2-1-3-20-22(19)36-39(35)37-32(38-39)25(34)31(20)16-6-4-14(5-7-16)18-13-40-23-17(11-28-24(27)21(18)23)15-10-29-30(12-15)8-9-33/h1-7,10-13,33H,8-9H2,(H2,27,28). The topological polar surface area (TPSA) is 145 Å². The zero-order chi connectivity index (χ0) is 27.6. The van der Waals surface area contributed by atoms with Crippen LogP contribution in [0.25, 0.3) is 32.3 Å². The summed E-state index contributed by atoms with van der Waals surface area (Å²) in [5, 5.41) is 16.7. The van der Waals surface area contributed by atoms with E-state index in [2.05, 4.69) is 10.1 Å². The number of amides is 2. The van der Waals surface area contributed by atoms with Crippen LogP contribution in [0.2, 0.25) is 0 Å². The van der Waals surface area contributed by atoms with Gasteiger partial charge >= 0.3 is 13.9 Å². The summed E-state index contributed by atoms with van der Waals surface area (Å²) in [6, 6.07) is 10.1. The van der Waals surface area contributed by atoms with Gasteiger partial charge in [0.05, 0.1) is 30.7 Å². The number of nitrogens with zero attached hydrogens (tertiary/aromatic N) is 5. The Bertz CT molecular complexity index is 1850. The highest BCUT2D eigenvalue weighted by atomic mass is 32.1. The van der Waals surface area contributed by atoms with Crippen LogP contribution in [0.4, 0.5) is 26.4 Å². The minimum atomic E-state index is -4.12. The summed E-state index contributed by atoms with van der Waals surface area (Å²) in [6.07, 6.45) is 5.25. The number of hydrogen-bond acceptors (Lipinski definition) is 10. The van der Waals surface area contributed by atoms with E-state index in [-0.39, 0.29) is 12.3 Å². The first-order chi connectivity index (χ1) is 19.3. The molecule has 0 atom stereocenters. The molecule has 202 valence electrons. The molecule has 2 amide bonds. The number of fused-ring (bicyclic) bond motifs is 2. The van der Waals surface area contributed by atoms with Gasteiger partial charge in [-0.3, -0.25) is 9.58 Å². The first-order valence-electron chi connectivity index (χ1n) is 11.9. The van der Waals surface area contributed by atoms with Crippen LogP contribution < -0.4 is 15.2 Å². The maximum atomic E-state index is 14.7. The normalized spacial score (nSPS) is 15.8. The minimum absolute atomic E-state index is 0.0227. The molecule has 3 aromatic heterocycles. The van der Waals surface area contributed by atoms with Crippen molar-refractivity contribution in [3.05, 3.63) is 72.3 Å². The molecule has 12 nitrogen and oxygen atoms in total. The Morgan fingerprint density at radius 3 is 2.65 bits per heavy atom. The molecule has 6 heterocycles. The van der Waals surface area contributed by atoms with Crippen molar-refractivity contribution in [3.63, 3.8) is 0 Å². The van der Waals surface area contributed by atoms with Crippen molar-refractivity contribution in [1.82, 2.24) is 20.0 Å². The van der Waals surface area contributed by atoms with E-state index < -0.39 is 25.4 Å². The molecular formula is C25H18FN6O6PS. The molecule has 40 heavy (non-hydrogen) atoms. The van der Waals surface area contributed by atoms with Gasteiger partial charge in [0.15, 0.2) is 11.6 Å². The molecule has 0 radical (unpaired) electrons. The number of carbonyl (C=O) groups is 1. The maximum Gasteiger partial charge on any atom is 0.578 e. The number of phosphoric acid groups is 1. The number of aliphatic hydroxyl groups is 1. The smallest absolute Gasteiger partial charge is 0.396 e. The lowest BCUT2D eigenvalue weighted by Gasteiger charge is -2.39. The third-order valence-electron chi connectivity index (χ3n) is 6.42. The van der Waals surface area contributed by atoms with E-state index >= 15 is 0 Å². The number of urea groups is 1. The van der Waals surface area contributed by atoms with E-state index in [1.54, 1.807) is 41.3 Å². The van der Waals surface area contributed by atoms with Gasteiger partial charge in [-0.1, -0.05) is 18.2 Å². The van der Waals surface area contributed by atoms with Crippen LogP contribution in [0.5, 0.6) is 5.75 Å². The number of hydroxylamine groups is 2. The second-order valence-electron chi connectivity index (χ2n) is 8.84. The first-order valence-corrected chi connectivity index (χ1v) is 14.2. The molecule has 1 saturated heterocycles. The predicted molar refractivity (Wildman–Crippen MR) is 144 cm³/mol. The van der Waals surface area contributed by atoms with E-state index in [1.165, 1.54) is 23.5 Å². The predicted octanol–water partition coefficient (Wildman–Crippen LogP) is 5.48. The summed E-state index contributed by atoms with van der Waals surface area (Å²) in [7, 11) is -4.12. The lowest BCUT2D eigenvalue weighted by molar-refractivity contribution is -0.303. The van der Waals surface area contributed by atoms with Crippen LogP contribution in [-0.2, 0) is 20.4 Å². The molecule has 15 heteroatoms. The second-order valence-corrected chi connectivity index (χ2v) is 11.1. The Hall–Kier alpha value is -4.33. The number of nitrogen functional groups attached to an aromatic ring is 1. The van der Waals surface area contributed by atoms with E-state index in [0.29, 0.717) is 23.3 Å². The number of carbonyl (C=O) groups excluding carboxylic acids is 1. The molecule has 3 aliphatic heterocycles. The Kier molecular flexibility index (Phi) is 5.63. The lowest BCUT2D eigenvalue weighted by atomic mass is 10.0. The van der Waals surface area contributed by atoms with Crippen LogP contribution in [-0.4, -0.2) is 37.7 Å². The summed E-state index contributed by atoms with van der Waals surface area (Å²) in [6.45, 7) is 0.358. The fourth-order valence-corrected chi connectivity index (χ4v) is 6.71. The molecule has 0 unspecified atom stereocenters. The number of aliphatic hydroxyl groups excluding tert-OH is 1. The second kappa shape index (κ2) is 9.11. The minimum Gasteiger partial charge on any atom is -0.396 e. The van der Waals surface area contributed by atoms with Gasteiger partial charge in [0.2, 0.25) is 0 Å². The summed E-state index contributed by atoms with van der Waals surface area (Å²) < 4.78 is 44.6. The molecule has 0 aliphatic carbocycles. The van der Waals surface area contributed by atoms with Crippen LogP contribution in [0.3, 0.4) is 0 Å². The number of anilines is 3. The van der Waals surface area contributed by atoms with E-state index in [1.807, 2.05) is 11.6 Å². The van der Waals surface area contributed by atoms with Crippen molar-refractivity contribution in [2.75, 3.05) is 17.2 Å². The Labute approximate surface area is 229 Å². The Morgan fingerprint density at radius 1 is 1.07 bits per heavy atom. The highest BCUT2D eigenvalue weighted by Gasteiger charge is 2.54. The van der Waals surface area contributed by atoms with Gasteiger partial charge in [-0.05, 0) is 40.4 Å². The fourth-order valence-electron chi connectivity index (χ4n) is 4.60. The van der Waals surface area contributed by atoms with Crippen LogP contribution in [0.15, 0.2) is 66.4 Å². The number of nitrogens with two attached hydrogens (primary N) is 1. The molecule has 5 aromatic rings. The van der Waals surface area contributed by atoms with Crippen molar-refractivity contribution in [3.8, 4) is 28.0 Å².